The first-order valence-electron chi connectivity index (χ1n) is 7.18. The molecule has 2 nitrogen and oxygen atoms in total. The molecule has 2 aliphatic rings. The van der Waals surface area contributed by atoms with E-state index in [2.05, 4.69) is 37.4 Å². The molecule has 1 aromatic carbocycles. The van der Waals surface area contributed by atoms with Crippen molar-refractivity contribution < 1.29 is 4.74 Å². The molecule has 1 fully saturated rings. The van der Waals surface area contributed by atoms with E-state index in [0.29, 0.717) is 6.04 Å². The van der Waals surface area contributed by atoms with Crippen molar-refractivity contribution >= 4 is 5.69 Å². The number of rotatable bonds is 2. The monoisotopic (exact) mass is 245 g/mol. The molecule has 3 rings (SSSR count). The number of anilines is 1. The zero-order chi connectivity index (χ0) is 12.5. The Morgan fingerprint density at radius 3 is 2.78 bits per heavy atom. The normalized spacial score (nSPS) is 31.1. The van der Waals surface area contributed by atoms with Crippen LogP contribution in [0.1, 0.15) is 44.2 Å². The first kappa shape index (κ1) is 12.0. The molecular weight excluding hydrogens is 222 g/mol. The van der Waals surface area contributed by atoms with Gasteiger partial charge in [-0.25, -0.2) is 0 Å². The van der Waals surface area contributed by atoms with Gasteiger partial charge in [0, 0.05) is 11.7 Å². The Morgan fingerprint density at radius 2 is 1.94 bits per heavy atom. The van der Waals surface area contributed by atoms with Crippen LogP contribution < -0.4 is 5.32 Å². The molecule has 1 N–H and O–H groups in total. The van der Waals surface area contributed by atoms with Gasteiger partial charge in [0.15, 0.2) is 0 Å². The zero-order valence-electron chi connectivity index (χ0n) is 11.4. The Labute approximate surface area is 110 Å². The number of benzene rings is 1. The van der Waals surface area contributed by atoms with Crippen LogP contribution >= 0.6 is 0 Å². The lowest BCUT2D eigenvalue weighted by Gasteiger charge is -2.34. The van der Waals surface area contributed by atoms with E-state index >= 15 is 0 Å². The largest absolute Gasteiger partial charge is 0.382 e. The van der Waals surface area contributed by atoms with Gasteiger partial charge in [0.05, 0.1) is 13.2 Å². The molecule has 0 amide bonds. The summed E-state index contributed by atoms with van der Waals surface area (Å²) in [5.74, 6) is 1.67. The van der Waals surface area contributed by atoms with Crippen molar-refractivity contribution in [3.63, 3.8) is 0 Å². The van der Waals surface area contributed by atoms with E-state index in [4.69, 9.17) is 4.74 Å². The second-order valence-electron chi connectivity index (χ2n) is 6.12. The molecule has 3 unspecified atom stereocenters. The summed E-state index contributed by atoms with van der Waals surface area (Å²) >= 11 is 0. The highest BCUT2D eigenvalue weighted by Gasteiger charge is 2.25. The summed E-state index contributed by atoms with van der Waals surface area (Å²) in [6.07, 6.45) is 4.01. The van der Waals surface area contributed by atoms with E-state index in [1.807, 2.05) is 0 Å². The molecule has 1 saturated carbocycles. The van der Waals surface area contributed by atoms with Crippen molar-refractivity contribution in [3.05, 3.63) is 29.3 Å². The van der Waals surface area contributed by atoms with Crippen molar-refractivity contribution in [3.8, 4) is 0 Å². The van der Waals surface area contributed by atoms with Crippen LogP contribution in [-0.4, -0.2) is 6.04 Å². The number of hydrogen-bond acceptors (Lipinski definition) is 2. The molecule has 1 heterocycles. The third-order valence-corrected chi connectivity index (χ3v) is 4.50. The highest BCUT2D eigenvalue weighted by Crippen LogP contribution is 2.31. The smallest absolute Gasteiger partial charge is 0.0725 e. The van der Waals surface area contributed by atoms with E-state index in [1.54, 1.807) is 0 Å². The van der Waals surface area contributed by atoms with Gasteiger partial charge in [0.1, 0.15) is 0 Å². The van der Waals surface area contributed by atoms with Crippen molar-refractivity contribution in [1.82, 2.24) is 0 Å². The fraction of sp³-hybridized carbons (Fsp3) is 0.625. The van der Waals surface area contributed by atoms with E-state index in [1.165, 1.54) is 36.1 Å². The summed E-state index contributed by atoms with van der Waals surface area (Å²) in [5.41, 5.74) is 3.98. The molecule has 18 heavy (non-hydrogen) atoms. The lowest BCUT2D eigenvalue weighted by molar-refractivity contribution is 0.134. The molecule has 0 saturated heterocycles. The van der Waals surface area contributed by atoms with Crippen LogP contribution in [0.25, 0.3) is 0 Å². The fourth-order valence-corrected chi connectivity index (χ4v) is 3.36. The third kappa shape index (κ3) is 2.39. The lowest BCUT2D eigenvalue weighted by Crippen LogP contribution is -2.33. The van der Waals surface area contributed by atoms with Gasteiger partial charge in [-0.3, -0.25) is 0 Å². The van der Waals surface area contributed by atoms with E-state index in [9.17, 15) is 0 Å². The lowest BCUT2D eigenvalue weighted by atomic mass is 9.80. The van der Waals surface area contributed by atoms with Gasteiger partial charge < -0.3 is 10.1 Å². The molecule has 1 aliphatic heterocycles. The Hall–Kier alpha value is -1.02. The van der Waals surface area contributed by atoms with Gasteiger partial charge in [0.2, 0.25) is 0 Å². The highest BCUT2D eigenvalue weighted by molar-refractivity contribution is 5.50. The van der Waals surface area contributed by atoms with Crippen molar-refractivity contribution in [2.75, 3.05) is 5.32 Å². The van der Waals surface area contributed by atoms with Crippen LogP contribution in [0.4, 0.5) is 5.69 Å². The van der Waals surface area contributed by atoms with Gasteiger partial charge in [-0.15, -0.1) is 0 Å². The molecule has 98 valence electrons. The number of ether oxygens (including phenoxy) is 1. The maximum absolute atomic E-state index is 5.47. The molecular formula is C16H23NO. The van der Waals surface area contributed by atoms with Crippen LogP contribution in [-0.2, 0) is 18.0 Å². The summed E-state index contributed by atoms with van der Waals surface area (Å²) in [6.45, 7) is 6.32. The Kier molecular flexibility index (Phi) is 3.29. The minimum Gasteiger partial charge on any atom is -0.382 e. The van der Waals surface area contributed by atoms with Gasteiger partial charge >= 0.3 is 0 Å². The first-order chi connectivity index (χ1) is 8.72. The second-order valence-corrected chi connectivity index (χ2v) is 6.12. The quantitative estimate of drug-likeness (QED) is 0.851. The summed E-state index contributed by atoms with van der Waals surface area (Å²) in [5, 5.41) is 3.73. The molecule has 3 atom stereocenters. The highest BCUT2D eigenvalue weighted by atomic mass is 16.5. The van der Waals surface area contributed by atoms with Crippen molar-refractivity contribution in [2.45, 2.75) is 52.4 Å². The average Bonchev–Trinajstić information content (AvgIpc) is 2.80. The van der Waals surface area contributed by atoms with Crippen LogP contribution in [0, 0.1) is 11.8 Å². The van der Waals surface area contributed by atoms with Gasteiger partial charge in [-0.1, -0.05) is 19.9 Å². The van der Waals surface area contributed by atoms with Gasteiger partial charge in [0.25, 0.3) is 0 Å². The van der Waals surface area contributed by atoms with Gasteiger partial charge in [-0.05, 0) is 54.4 Å². The van der Waals surface area contributed by atoms with E-state index in [0.717, 1.165) is 25.0 Å². The summed E-state index contributed by atoms with van der Waals surface area (Å²) < 4.78 is 5.47. The molecule has 1 aliphatic carbocycles. The summed E-state index contributed by atoms with van der Waals surface area (Å²) in [4.78, 5) is 0. The minimum absolute atomic E-state index is 0.640. The number of fused-ring (bicyclic) bond motifs is 1. The predicted molar refractivity (Wildman–Crippen MR) is 74.5 cm³/mol. The zero-order valence-corrected chi connectivity index (χ0v) is 11.4. The standard InChI is InChI=1S/C16H23NO/c1-11-3-6-16(12(2)7-11)17-15-5-4-13-9-18-10-14(13)8-15/h4-5,8,11-12,16-17H,3,6-7,9-10H2,1-2H3. The Bertz CT molecular complexity index is 429. The number of hydrogen-bond donors (Lipinski definition) is 1. The summed E-state index contributed by atoms with van der Waals surface area (Å²) in [7, 11) is 0. The molecule has 2 heteroatoms. The van der Waals surface area contributed by atoms with E-state index < -0.39 is 0 Å². The van der Waals surface area contributed by atoms with Crippen LogP contribution in [0.15, 0.2) is 18.2 Å². The van der Waals surface area contributed by atoms with Crippen LogP contribution in [0.3, 0.4) is 0 Å². The molecule has 0 bridgehead atoms. The first-order valence-corrected chi connectivity index (χ1v) is 7.18. The Morgan fingerprint density at radius 1 is 1.11 bits per heavy atom. The maximum Gasteiger partial charge on any atom is 0.0725 e. The molecule has 1 aromatic rings. The third-order valence-electron chi connectivity index (χ3n) is 4.50. The second kappa shape index (κ2) is 4.93. The molecule has 0 aromatic heterocycles. The summed E-state index contributed by atoms with van der Waals surface area (Å²) in [6, 6.07) is 7.33. The SMILES string of the molecule is CC1CCC(Nc2ccc3c(c2)COC3)C(C)C1. The topological polar surface area (TPSA) is 21.3 Å². The predicted octanol–water partition coefficient (Wildman–Crippen LogP) is 3.95. The minimum atomic E-state index is 0.640. The molecule has 0 spiro atoms. The fourth-order valence-electron chi connectivity index (χ4n) is 3.36. The van der Waals surface area contributed by atoms with E-state index in [-0.39, 0.29) is 0 Å². The Balaban J connectivity index is 1.69. The van der Waals surface area contributed by atoms with Crippen molar-refractivity contribution in [2.24, 2.45) is 11.8 Å². The molecule has 0 radical (unpaired) electrons. The van der Waals surface area contributed by atoms with Crippen LogP contribution in [0.5, 0.6) is 0 Å². The average molecular weight is 245 g/mol. The van der Waals surface area contributed by atoms with Gasteiger partial charge in [-0.2, -0.15) is 0 Å². The maximum atomic E-state index is 5.47. The van der Waals surface area contributed by atoms with Crippen LogP contribution in [0.2, 0.25) is 0 Å². The van der Waals surface area contributed by atoms with Crippen molar-refractivity contribution in [1.29, 1.82) is 0 Å². The number of nitrogens with one attached hydrogen (secondary N) is 1.